The van der Waals surface area contributed by atoms with E-state index in [1.54, 1.807) is 18.0 Å². The van der Waals surface area contributed by atoms with Crippen LogP contribution in [0.1, 0.15) is 12.6 Å². The first kappa shape index (κ1) is 17.6. The number of rotatable bonds is 2. The van der Waals surface area contributed by atoms with E-state index in [-0.39, 0.29) is 5.56 Å². The second kappa shape index (κ2) is 7.06. The maximum Gasteiger partial charge on any atom is 0.271 e. The molecule has 3 heterocycles. The highest BCUT2D eigenvalue weighted by atomic mass is 79.9. The van der Waals surface area contributed by atoms with Gasteiger partial charge in [-0.3, -0.25) is 14.3 Å². The van der Waals surface area contributed by atoms with Crippen LogP contribution in [0, 0.1) is 0 Å². The minimum absolute atomic E-state index is 0.0564. The highest BCUT2D eigenvalue weighted by molar-refractivity contribution is 9.10. The van der Waals surface area contributed by atoms with Gasteiger partial charge >= 0.3 is 0 Å². The topological polar surface area (TPSA) is 38.1 Å². The number of hydrogen-bond donors (Lipinski definition) is 0. The molecule has 1 aromatic carbocycles. The number of halogens is 1. The molecule has 3 aromatic rings. The highest BCUT2D eigenvalue weighted by Crippen LogP contribution is 2.46. The van der Waals surface area contributed by atoms with E-state index < -0.39 is 0 Å². The number of pyridine rings is 1. The number of hydrogen-bond acceptors (Lipinski definition) is 5. The van der Waals surface area contributed by atoms with E-state index in [2.05, 4.69) is 37.9 Å². The minimum atomic E-state index is 0.0564. The zero-order valence-electron chi connectivity index (χ0n) is 14.3. The van der Waals surface area contributed by atoms with E-state index in [1.165, 1.54) is 11.3 Å². The van der Waals surface area contributed by atoms with Crippen LogP contribution in [0.15, 0.2) is 56.8 Å². The predicted octanol–water partition coefficient (Wildman–Crippen LogP) is 3.22. The molecule has 4 nitrogen and oxygen atoms in total. The first-order valence-electron chi connectivity index (χ1n) is 8.16. The molecule has 26 heavy (non-hydrogen) atoms. The summed E-state index contributed by atoms with van der Waals surface area (Å²) in [6, 6.07) is 12.0. The molecule has 2 aromatic heterocycles. The van der Waals surface area contributed by atoms with Gasteiger partial charge in [-0.05, 0) is 43.3 Å². The van der Waals surface area contributed by atoms with Crippen LogP contribution in [-0.4, -0.2) is 16.6 Å². The Morgan fingerprint density at radius 3 is 2.85 bits per heavy atom. The molecule has 0 N–H and O–H groups in total. The molecule has 1 aliphatic rings. The van der Waals surface area contributed by atoms with E-state index in [1.807, 2.05) is 48.9 Å². The molecular weight excluding hydrogens is 430 g/mol. The fraction of sp³-hybridized carbons (Fsp3) is 0.158. The fourth-order valence-corrected chi connectivity index (χ4v) is 5.67. The van der Waals surface area contributed by atoms with Gasteiger partial charge in [-0.1, -0.05) is 33.8 Å². The standard InChI is InChI=1S/C19H16BrN3OS2/c1-3-23-16(11-13-6-4-5-9-21-13)26-17(18(23)24)19-22(2)14-10-12(20)7-8-15(14)25-19/h4-11H,3H2,1-2H3/b16-11-,19-17+. The summed E-state index contributed by atoms with van der Waals surface area (Å²) < 4.78 is 4.54. The molecule has 7 heteroatoms. The molecular formula is C19H16BrN3OS2. The molecule has 0 radical (unpaired) electrons. The molecule has 1 aliphatic heterocycles. The summed E-state index contributed by atoms with van der Waals surface area (Å²) >= 11 is 6.70. The van der Waals surface area contributed by atoms with E-state index in [4.69, 9.17) is 0 Å². The number of anilines is 1. The number of benzene rings is 1. The van der Waals surface area contributed by atoms with Gasteiger partial charge in [-0.15, -0.1) is 11.3 Å². The van der Waals surface area contributed by atoms with Crippen molar-refractivity contribution in [2.45, 2.75) is 18.4 Å². The van der Waals surface area contributed by atoms with E-state index >= 15 is 0 Å². The molecule has 132 valence electrons. The van der Waals surface area contributed by atoms with Gasteiger partial charge in [0.2, 0.25) is 0 Å². The third-order valence-corrected chi connectivity index (χ3v) is 7.15. The van der Waals surface area contributed by atoms with Crippen molar-refractivity contribution in [2.24, 2.45) is 0 Å². The maximum atomic E-state index is 13.0. The fourth-order valence-electron chi connectivity index (χ4n) is 2.88. The molecule has 4 rings (SSSR count). The number of thioether (sulfide) groups is 1. The average molecular weight is 446 g/mol. The maximum absolute atomic E-state index is 13.0. The smallest absolute Gasteiger partial charge is 0.271 e. The van der Waals surface area contributed by atoms with Crippen LogP contribution in [0.2, 0.25) is 0 Å². The molecule has 0 atom stereocenters. The van der Waals surface area contributed by atoms with Crippen molar-refractivity contribution in [1.82, 2.24) is 9.55 Å². The van der Waals surface area contributed by atoms with Crippen molar-refractivity contribution < 1.29 is 0 Å². The van der Waals surface area contributed by atoms with Gasteiger partial charge in [0.15, 0.2) is 0 Å². The SMILES string of the molecule is CCn1c(=O)/c(=C2\Sc3ccc(Br)cc3N2C)s/c1=C\c1ccccn1. The molecule has 0 bridgehead atoms. The lowest BCUT2D eigenvalue weighted by atomic mass is 10.3. The lowest BCUT2D eigenvalue weighted by molar-refractivity contribution is 0.722. The summed E-state index contributed by atoms with van der Waals surface area (Å²) in [6.45, 7) is 2.63. The third-order valence-electron chi connectivity index (χ3n) is 4.18. The third kappa shape index (κ3) is 3.04. The summed E-state index contributed by atoms with van der Waals surface area (Å²) in [5.74, 6) is 0. The van der Waals surface area contributed by atoms with E-state index in [0.717, 1.165) is 35.0 Å². The summed E-state index contributed by atoms with van der Waals surface area (Å²) in [6.07, 6.45) is 3.74. The Labute approximate surface area is 167 Å². The molecule has 0 spiro atoms. The minimum Gasteiger partial charge on any atom is -0.337 e. The Kier molecular flexibility index (Phi) is 4.77. The predicted molar refractivity (Wildman–Crippen MR) is 113 cm³/mol. The van der Waals surface area contributed by atoms with Crippen LogP contribution in [0.4, 0.5) is 5.69 Å². The van der Waals surface area contributed by atoms with Gasteiger partial charge in [0.1, 0.15) is 14.2 Å². The normalized spacial score (nSPS) is 16.3. The van der Waals surface area contributed by atoms with Crippen molar-refractivity contribution in [2.75, 3.05) is 11.9 Å². The molecule has 0 amide bonds. The summed E-state index contributed by atoms with van der Waals surface area (Å²) in [4.78, 5) is 20.6. The zero-order chi connectivity index (χ0) is 18.3. The Bertz CT molecular complexity index is 1150. The summed E-state index contributed by atoms with van der Waals surface area (Å²) in [7, 11) is 2.01. The van der Waals surface area contributed by atoms with E-state index in [9.17, 15) is 4.79 Å². The lowest BCUT2D eigenvalue weighted by Gasteiger charge is -2.12. The Morgan fingerprint density at radius 1 is 1.27 bits per heavy atom. The van der Waals surface area contributed by atoms with Gasteiger partial charge < -0.3 is 4.90 Å². The molecule has 0 saturated carbocycles. The van der Waals surface area contributed by atoms with Crippen LogP contribution in [-0.2, 0) is 6.54 Å². The van der Waals surface area contributed by atoms with Crippen LogP contribution < -0.4 is 19.7 Å². The molecule has 0 unspecified atom stereocenters. The Hall–Kier alpha value is -1.83. The van der Waals surface area contributed by atoms with Crippen LogP contribution >= 0.6 is 39.0 Å². The Balaban J connectivity index is 1.93. The van der Waals surface area contributed by atoms with Crippen molar-refractivity contribution >= 4 is 55.8 Å². The monoisotopic (exact) mass is 445 g/mol. The van der Waals surface area contributed by atoms with Crippen molar-refractivity contribution in [3.05, 3.63) is 72.3 Å². The summed E-state index contributed by atoms with van der Waals surface area (Å²) in [5, 5.41) is 0.982. The summed E-state index contributed by atoms with van der Waals surface area (Å²) in [5.41, 5.74) is 2.03. The number of thiazole rings is 1. The highest BCUT2D eigenvalue weighted by Gasteiger charge is 2.24. The first-order valence-corrected chi connectivity index (χ1v) is 10.6. The first-order chi connectivity index (χ1) is 12.6. The van der Waals surface area contributed by atoms with Crippen molar-refractivity contribution in [1.29, 1.82) is 0 Å². The molecule has 0 aliphatic carbocycles. The second-order valence-corrected chi connectivity index (χ2v) is 8.77. The van der Waals surface area contributed by atoms with E-state index in [0.29, 0.717) is 6.54 Å². The van der Waals surface area contributed by atoms with Crippen LogP contribution in [0.25, 0.3) is 11.1 Å². The largest absolute Gasteiger partial charge is 0.337 e. The second-order valence-electron chi connectivity index (χ2n) is 5.80. The molecule has 0 saturated heterocycles. The lowest BCUT2D eigenvalue weighted by Crippen LogP contribution is -2.33. The Morgan fingerprint density at radius 2 is 2.12 bits per heavy atom. The number of nitrogens with zero attached hydrogens (tertiary/aromatic N) is 3. The zero-order valence-corrected chi connectivity index (χ0v) is 17.5. The quantitative estimate of drug-likeness (QED) is 0.606. The number of fused-ring (bicyclic) bond motifs is 1. The van der Waals surface area contributed by atoms with Gasteiger partial charge in [0.05, 0.1) is 11.4 Å². The van der Waals surface area contributed by atoms with Crippen LogP contribution in [0.5, 0.6) is 0 Å². The van der Waals surface area contributed by atoms with Gasteiger partial charge in [-0.2, -0.15) is 0 Å². The van der Waals surface area contributed by atoms with Crippen molar-refractivity contribution in [3.63, 3.8) is 0 Å². The van der Waals surface area contributed by atoms with Gasteiger partial charge in [0, 0.05) is 29.2 Å². The molecule has 0 fully saturated rings. The van der Waals surface area contributed by atoms with Gasteiger partial charge in [-0.25, -0.2) is 0 Å². The van der Waals surface area contributed by atoms with Crippen molar-refractivity contribution in [3.8, 4) is 0 Å². The van der Waals surface area contributed by atoms with Crippen LogP contribution in [0.3, 0.4) is 0 Å². The number of aromatic nitrogens is 2. The average Bonchev–Trinajstić information content (AvgIpc) is 3.12. The van der Waals surface area contributed by atoms with Gasteiger partial charge in [0.25, 0.3) is 5.56 Å².